The zero-order valence-electron chi connectivity index (χ0n) is 30.5. The van der Waals surface area contributed by atoms with Crippen molar-refractivity contribution in [3.8, 4) is 0 Å². The van der Waals surface area contributed by atoms with E-state index in [9.17, 15) is 0 Å². The zero-order valence-corrected chi connectivity index (χ0v) is 31.2. The fourth-order valence-corrected chi connectivity index (χ4v) is 8.20. The summed E-state index contributed by atoms with van der Waals surface area (Å²) in [5.74, 6) is 0. The maximum absolute atomic E-state index is 7.29. The number of halogens is 1. The van der Waals surface area contributed by atoms with Crippen molar-refractivity contribution in [2.45, 2.75) is 97.3 Å². The van der Waals surface area contributed by atoms with E-state index in [4.69, 9.17) is 16.6 Å². The van der Waals surface area contributed by atoms with Gasteiger partial charge in [0.15, 0.2) is 0 Å². The molecule has 4 aromatic rings. The highest BCUT2D eigenvalue weighted by molar-refractivity contribution is 6.32. The molecule has 0 radical (unpaired) electrons. The van der Waals surface area contributed by atoms with Crippen LogP contribution in [0, 0.1) is 0 Å². The van der Waals surface area contributed by atoms with E-state index < -0.39 is 0 Å². The van der Waals surface area contributed by atoms with Crippen LogP contribution < -0.4 is 4.90 Å². The zero-order chi connectivity index (χ0) is 34.6. The number of fused-ring (bicyclic) bond motifs is 4. The summed E-state index contributed by atoms with van der Waals surface area (Å²) < 4.78 is 0. The average molecular weight is 669 g/mol. The second-order valence-corrected chi connectivity index (χ2v) is 15.2. The normalized spacial score (nSPS) is 18.5. The van der Waals surface area contributed by atoms with Gasteiger partial charge in [0.1, 0.15) is 0 Å². The first kappa shape index (κ1) is 35.0. The second kappa shape index (κ2) is 14.9. The lowest BCUT2D eigenvalue weighted by atomic mass is 9.77. The summed E-state index contributed by atoms with van der Waals surface area (Å²) >= 11 is 7.29. The van der Waals surface area contributed by atoms with Gasteiger partial charge >= 0.3 is 0 Å². The number of hydrogen-bond acceptors (Lipinski definition) is 2. The van der Waals surface area contributed by atoms with Crippen molar-refractivity contribution in [3.63, 3.8) is 0 Å². The molecular formula is C46H53ClN2. The highest BCUT2D eigenvalue weighted by Gasteiger charge is 2.41. The fraction of sp³-hybridized carbons (Fsp3) is 0.370. The summed E-state index contributed by atoms with van der Waals surface area (Å²) in [7, 11) is 0. The quantitative estimate of drug-likeness (QED) is 0.115. The van der Waals surface area contributed by atoms with E-state index in [-0.39, 0.29) is 10.8 Å². The van der Waals surface area contributed by atoms with Crippen molar-refractivity contribution >= 4 is 44.5 Å². The van der Waals surface area contributed by atoms with Crippen LogP contribution in [0.25, 0.3) is 21.5 Å². The Morgan fingerprint density at radius 3 is 2.29 bits per heavy atom. The summed E-state index contributed by atoms with van der Waals surface area (Å²) in [6, 6.07) is 28.8. The second-order valence-electron chi connectivity index (χ2n) is 14.9. The van der Waals surface area contributed by atoms with Crippen LogP contribution in [0.4, 0.5) is 5.69 Å². The van der Waals surface area contributed by atoms with Crippen molar-refractivity contribution in [1.82, 2.24) is 0 Å². The van der Waals surface area contributed by atoms with Crippen LogP contribution in [0.5, 0.6) is 0 Å². The lowest BCUT2D eigenvalue weighted by molar-refractivity contribution is 0.628. The Labute approximate surface area is 300 Å². The van der Waals surface area contributed by atoms with Crippen molar-refractivity contribution < 1.29 is 0 Å². The van der Waals surface area contributed by atoms with Crippen LogP contribution in [0.1, 0.15) is 97.6 Å². The van der Waals surface area contributed by atoms with Crippen molar-refractivity contribution in [2.24, 2.45) is 4.99 Å². The minimum atomic E-state index is -0.259. The van der Waals surface area contributed by atoms with Gasteiger partial charge in [-0.2, -0.15) is 0 Å². The Morgan fingerprint density at radius 1 is 0.837 bits per heavy atom. The van der Waals surface area contributed by atoms with Crippen LogP contribution in [-0.4, -0.2) is 18.8 Å². The molecule has 1 heterocycles. The van der Waals surface area contributed by atoms with Gasteiger partial charge in [0.2, 0.25) is 0 Å². The third-order valence-electron chi connectivity index (χ3n) is 10.7. The highest BCUT2D eigenvalue weighted by atomic mass is 35.5. The molecule has 254 valence electrons. The molecule has 2 aliphatic rings. The molecule has 0 aromatic heterocycles. The number of hydrogen-bond donors (Lipinski definition) is 0. The van der Waals surface area contributed by atoms with Gasteiger partial charge in [-0.05, 0) is 94.1 Å². The largest absolute Gasteiger partial charge is 0.344 e. The summed E-state index contributed by atoms with van der Waals surface area (Å²) in [5, 5.41) is 6.11. The van der Waals surface area contributed by atoms with E-state index >= 15 is 0 Å². The number of unbranched alkanes of at least 4 members (excludes halogenated alkanes) is 2. The van der Waals surface area contributed by atoms with Gasteiger partial charge in [-0.15, -0.1) is 0 Å². The van der Waals surface area contributed by atoms with E-state index in [2.05, 4.69) is 150 Å². The molecule has 0 atom stereocenters. The van der Waals surface area contributed by atoms with Gasteiger partial charge in [0, 0.05) is 46.0 Å². The smallest absolute Gasteiger partial charge is 0.0470 e. The molecule has 0 spiro atoms. The maximum Gasteiger partial charge on any atom is 0.0470 e. The van der Waals surface area contributed by atoms with Crippen LogP contribution in [0.15, 0.2) is 130 Å². The Kier molecular flexibility index (Phi) is 10.7. The Hall–Kier alpha value is -3.88. The van der Waals surface area contributed by atoms with Crippen LogP contribution in [0.2, 0.25) is 0 Å². The first-order valence-electron chi connectivity index (χ1n) is 18.5. The van der Waals surface area contributed by atoms with Crippen molar-refractivity contribution in [3.05, 3.63) is 136 Å². The Balaban J connectivity index is 1.36. The van der Waals surface area contributed by atoms with Gasteiger partial charge in [0.05, 0.1) is 0 Å². The first-order chi connectivity index (χ1) is 23.7. The molecule has 0 bridgehead atoms. The third-order valence-corrected chi connectivity index (χ3v) is 11.2. The lowest BCUT2D eigenvalue weighted by Crippen LogP contribution is -2.28. The molecule has 2 nitrogen and oxygen atoms in total. The number of anilines is 1. The third kappa shape index (κ3) is 6.95. The molecule has 0 fully saturated rings. The molecule has 0 amide bonds. The van der Waals surface area contributed by atoms with Crippen molar-refractivity contribution in [2.75, 3.05) is 18.0 Å². The van der Waals surface area contributed by atoms with E-state index in [1.165, 1.54) is 61.6 Å². The lowest BCUT2D eigenvalue weighted by Gasteiger charge is -2.28. The number of aliphatic imine (C=N–C) groups is 1. The van der Waals surface area contributed by atoms with E-state index in [0.29, 0.717) is 0 Å². The molecular weight excluding hydrogens is 616 g/mol. The van der Waals surface area contributed by atoms with Gasteiger partial charge in [-0.1, -0.05) is 151 Å². The summed E-state index contributed by atoms with van der Waals surface area (Å²) in [5.41, 5.74) is 8.61. The minimum Gasteiger partial charge on any atom is -0.344 e. The summed E-state index contributed by atoms with van der Waals surface area (Å²) in [6.45, 7) is 15.8. The molecule has 0 saturated carbocycles. The molecule has 4 aromatic carbocycles. The van der Waals surface area contributed by atoms with Crippen LogP contribution >= 0.6 is 11.6 Å². The van der Waals surface area contributed by atoms with E-state index in [1.54, 1.807) is 0 Å². The first-order valence-corrected chi connectivity index (χ1v) is 18.9. The number of nitrogens with zero attached hydrogens (tertiary/aromatic N) is 2. The maximum atomic E-state index is 7.29. The molecule has 1 aliphatic heterocycles. The predicted octanol–water partition coefficient (Wildman–Crippen LogP) is 13.2. The number of rotatable bonds is 11. The van der Waals surface area contributed by atoms with Crippen molar-refractivity contribution in [1.29, 1.82) is 0 Å². The molecule has 49 heavy (non-hydrogen) atoms. The predicted molar refractivity (Wildman–Crippen MR) is 215 cm³/mol. The molecule has 0 N–H and O–H groups in total. The van der Waals surface area contributed by atoms with Gasteiger partial charge in [-0.25, -0.2) is 0 Å². The van der Waals surface area contributed by atoms with Gasteiger partial charge in [-0.3, -0.25) is 4.99 Å². The average Bonchev–Trinajstić information content (AvgIpc) is 3.33. The van der Waals surface area contributed by atoms with Crippen LogP contribution in [0.3, 0.4) is 0 Å². The fourth-order valence-electron chi connectivity index (χ4n) is 7.88. The van der Waals surface area contributed by atoms with E-state index in [1.807, 2.05) is 0 Å². The highest BCUT2D eigenvalue weighted by Crippen LogP contribution is 2.51. The minimum absolute atomic E-state index is 0.119. The molecule has 0 saturated heterocycles. The van der Waals surface area contributed by atoms with Crippen LogP contribution in [-0.2, 0) is 10.8 Å². The Morgan fingerprint density at radius 2 is 1.53 bits per heavy atom. The number of benzene rings is 4. The number of allylic oxidation sites excluding steroid dienone is 8. The van der Waals surface area contributed by atoms with Gasteiger partial charge in [0.25, 0.3) is 0 Å². The Bertz CT molecular complexity index is 1980. The molecule has 3 heteroatoms. The molecule has 6 rings (SSSR count). The molecule has 0 unspecified atom stereocenters. The van der Waals surface area contributed by atoms with E-state index in [0.717, 1.165) is 62.4 Å². The monoisotopic (exact) mass is 668 g/mol. The molecule has 1 aliphatic carbocycles. The summed E-state index contributed by atoms with van der Waals surface area (Å²) in [6.07, 6.45) is 16.8. The summed E-state index contributed by atoms with van der Waals surface area (Å²) in [4.78, 5) is 7.78. The SMILES string of the molecule is CCCC/N=C(\C=C\C1=C(Cl)C(=C/C=C2/N(CCCC)c3ccc4ccccc4c3C2(C)C)/CCC1)C(C)(C)c1cccc2ccccc12. The van der Waals surface area contributed by atoms with Gasteiger partial charge < -0.3 is 4.90 Å². The topological polar surface area (TPSA) is 15.6 Å². The standard InChI is InChI=1S/C46H53ClN2/c1-7-9-31-48-41(45(3,4)39-24-16-19-33-17-11-13-22-37(33)39)29-26-35-20-15-21-36(44(35)47)27-30-42-46(5,6)43-38-23-14-12-18-34(38)25-28-40(43)49(42)32-10-8-2/h11-14,16-19,22-30H,7-10,15,20-21,31-32H2,1-6H3/b29-26+,36-27+,42-30+,48-41+.